The first-order valence-corrected chi connectivity index (χ1v) is 20.3. The molecule has 8 nitrogen and oxygen atoms in total. The Morgan fingerprint density at radius 3 is 1.36 bits per heavy atom. The maximum absolute atomic E-state index is 11.8. The lowest BCUT2D eigenvalue weighted by Gasteiger charge is -2.28. The zero-order valence-corrected chi connectivity index (χ0v) is 30.6. The standard InChI is InChI=1S/C34H64O8Si2/c1-6-39-43-32(5)26-22-18-14-13-16-20-24-30-38-34(36)28-27-33(35)37-29-23-19-15-11-10-12-17-21-25-31-44(40-7-2,41-8-3)42-9-4/h27-28H,5-26,29-31H2,1-4H3/b28-27+. The molecule has 0 unspecified atom stereocenters. The summed E-state index contributed by atoms with van der Waals surface area (Å²) >= 11 is 0. The number of hydrogen-bond acceptors (Lipinski definition) is 8. The first kappa shape index (κ1) is 42.7. The van der Waals surface area contributed by atoms with Crippen molar-refractivity contribution in [1.82, 2.24) is 0 Å². The number of esters is 2. The van der Waals surface area contributed by atoms with Crippen LogP contribution in [0.25, 0.3) is 0 Å². The second kappa shape index (κ2) is 31.7. The quantitative estimate of drug-likeness (QED) is 0.0301. The molecule has 0 aliphatic rings. The van der Waals surface area contributed by atoms with E-state index in [4.69, 9.17) is 27.2 Å². The van der Waals surface area contributed by atoms with Crippen molar-refractivity contribution in [3.63, 3.8) is 0 Å². The van der Waals surface area contributed by atoms with E-state index in [-0.39, 0.29) is 0 Å². The Kier molecular flexibility index (Phi) is 30.7. The lowest BCUT2D eigenvalue weighted by atomic mass is 10.1. The van der Waals surface area contributed by atoms with E-state index in [2.05, 4.69) is 6.58 Å². The fraction of sp³-hybridized carbons (Fsp3) is 0.824. The van der Waals surface area contributed by atoms with Gasteiger partial charge in [0.05, 0.1) is 13.2 Å². The molecule has 0 aromatic heterocycles. The van der Waals surface area contributed by atoms with Crippen LogP contribution in [0.5, 0.6) is 0 Å². The molecule has 256 valence electrons. The van der Waals surface area contributed by atoms with Crippen LogP contribution in [0.2, 0.25) is 6.04 Å². The van der Waals surface area contributed by atoms with E-state index in [1.807, 2.05) is 27.7 Å². The lowest BCUT2D eigenvalue weighted by molar-refractivity contribution is -0.140. The molecule has 44 heavy (non-hydrogen) atoms. The molecule has 0 aliphatic heterocycles. The van der Waals surface area contributed by atoms with E-state index in [1.165, 1.54) is 63.0 Å². The van der Waals surface area contributed by atoms with Gasteiger partial charge in [-0.2, -0.15) is 0 Å². The summed E-state index contributed by atoms with van der Waals surface area (Å²) < 4.78 is 33.5. The van der Waals surface area contributed by atoms with Crippen LogP contribution in [0, 0.1) is 0 Å². The molecular weight excluding hydrogens is 593 g/mol. The predicted molar refractivity (Wildman–Crippen MR) is 182 cm³/mol. The summed E-state index contributed by atoms with van der Waals surface area (Å²) in [6.07, 6.45) is 21.4. The Morgan fingerprint density at radius 1 is 0.568 bits per heavy atom. The third kappa shape index (κ3) is 27.0. The number of carbonyl (C=O) groups excluding carboxylic acids is 2. The zero-order chi connectivity index (χ0) is 32.6. The molecule has 0 aromatic carbocycles. The Bertz CT molecular complexity index is 715. The molecule has 0 atom stereocenters. The number of ether oxygens (including phenoxy) is 2. The predicted octanol–water partition coefficient (Wildman–Crippen LogP) is 8.48. The molecule has 10 heteroatoms. The summed E-state index contributed by atoms with van der Waals surface area (Å²) in [5.41, 5.74) is 0. The second-order valence-electron chi connectivity index (χ2n) is 10.9. The van der Waals surface area contributed by atoms with Crippen molar-refractivity contribution in [3.05, 3.63) is 23.9 Å². The Hall–Kier alpha value is -1.31. The van der Waals surface area contributed by atoms with Crippen LogP contribution in [-0.2, 0) is 36.8 Å². The maximum atomic E-state index is 11.8. The topological polar surface area (TPSA) is 89.5 Å². The first-order valence-electron chi connectivity index (χ1n) is 17.4. The average molecular weight is 657 g/mol. The van der Waals surface area contributed by atoms with E-state index in [0.29, 0.717) is 42.8 Å². The van der Waals surface area contributed by atoms with Crippen LogP contribution in [0.4, 0.5) is 0 Å². The van der Waals surface area contributed by atoms with Crippen molar-refractivity contribution in [1.29, 1.82) is 0 Å². The fourth-order valence-electron chi connectivity index (χ4n) is 4.81. The molecule has 0 aliphatic carbocycles. The lowest BCUT2D eigenvalue weighted by Crippen LogP contribution is -2.45. The van der Waals surface area contributed by atoms with Crippen molar-refractivity contribution < 1.29 is 36.8 Å². The summed E-state index contributed by atoms with van der Waals surface area (Å²) in [4.78, 5) is 23.6. The van der Waals surface area contributed by atoms with Crippen molar-refractivity contribution in [2.24, 2.45) is 0 Å². The molecule has 0 fully saturated rings. The minimum absolute atomic E-state index is 0.381. The summed E-state index contributed by atoms with van der Waals surface area (Å²) in [7, 11) is -2.06. The number of rotatable bonds is 33. The molecule has 0 spiro atoms. The molecule has 0 bridgehead atoms. The van der Waals surface area contributed by atoms with E-state index in [0.717, 1.165) is 76.2 Å². The minimum atomic E-state index is -2.49. The Morgan fingerprint density at radius 2 is 0.955 bits per heavy atom. The normalized spacial score (nSPS) is 11.7. The number of unbranched alkanes of at least 4 members (excludes halogenated alkanes) is 14. The van der Waals surface area contributed by atoms with E-state index in [9.17, 15) is 9.59 Å². The van der Waals surface area contributed by atoms with Gasteiger partial charge < -0.3 is 27.2 Å². The third-order valence-corrected chi connectivity index (χ3v) is 11.2. The third-order valence-electron chi connectivity index (χ3n) is 7.05. The zero-order valence-electron chi connectivity index (χ0n) is 28.6. The van der Waals surface area contributed by atoms with E-state index in [1.54, 1.807) is 0 Å². The highest BCUT2D eigenvalue weighted by atomic mass is 28.4. The molecule has 0 rings (SSSR count). The molecule has 0 heterocycles. The van der Waals surface area contributed by atoms with Crippen molar-refractivity contribution in [2.75, 3.05) is 39.6 Å². The molecule has 0 saturated heterocycles. The molecular formula is C34H64O8Si2. The fourth-order valence-corrected chi connectivity index (χ4v) is 8.12. The highest BCUT2D eigenvalue weighted by Crippen LogP contribution is 2.21. The molecule has 2 radical (unpaired) electrons. The van der Waals surface area contributed by atoms with E-state index >= 15 is 0 Å². The summed E-state index contributed by atoms with van der Waals surface area (Å²) in [5, 5.41) is 1.21. The van der Waals surface area contributed by atoms with Crippen molar-refractivity contribution in [3.8, 4) is 0 Å². The van der Waals surface area contributed by atoms with Gasteiger partial charge in [0.1, 0.15) is 0 Å². The van der Waals surface area contributed by atoms with Gasteiger partial charge in [0.15, 0.2) is 0 Å². The smallest absolute Gasteiger partial charge is 0.463 e. The van der Waals surface area contributed by atoms with Gasteiger partial charge in [0.2, 0.25) is 0 Å². The Labute approximate surface area is 273 Å². The van der Waals surface area contributed by atoms with Gasteiger partial charge in [0.25, 0.3) is 9.76 Å². The highest BCUT2D eigenvalue weighted by Gasteiger charge is 2.39. The summed E-state index contributed by atoms with van der Waals surface area (Å²) in [5.74, 6) is -0.983. The highest BCUT2D eigenvalue weighted by molar-refractivity contribution is 6.60. The minimum Gasteiger partial charge on any atom is -0.463 e. The number of hydrogen-bond donors (Lipinski definition) is 0. The van der Waals surface area contributed by atoms with Crippen LogP contribution in [-0.4, -0.2) is 70.1 Å². The summed E-state index contributed by atoms with van der Waals surface area (Å²) in [6, 6.07) is 0.896. The van der Waals surface area contributed by atoms with Gasteiger partial charge in [-0.1, -0.05) is 82.2 Å². The number of carbonyl (C=O) groups is 2. The summed E-state index contributed by atoms with van der Waals surface area (Å²) in [6.45, 7) is 15.5. The molecule has 0 saturated carbocycles. The van der Waals surface area contributed by atoms with Crippen LogP contribution in [0.1, 0.15) is 137 Å². The van der Waals surface area contributed by atoms with Crippen LogP contribution >= 0.6 is 0 Å². The van der Waals surface area contributed by atoms with Crippen LogP contribution in [0.15, 0.2) is 23.9 Å². The van der Waals surface area contributed by atoms with Crippen molar-refractivity contribution >= 4 is 30.5 Å². The van der Waals surface area contributed by atoms with Gasteiger partial charge in [-0.15, -0.1) is 6.58 Å². The monoisotopic (exact) mass is 656 g/mol. The van der Waals surface area contributed by atoms with E-state index < -0.39 is 20.7 Å². The average Bonchev–Trinajstić information content (AvgIpc) is 3.00. The second-order valence-corrected chi connectivity index (χ2v) is 14.9. The molecule has 0 N–H and O–H groups in total. The van der Waals surface area contributed by atoms with Crippen LogP contribution in [0.3, 0.4) is 0 Å². The van der Waals surface area contributed by atoms with Gasteiger partial charge in [-0.3, -0.25) is 0 Å². The van der Waals surface area contributed by atoms with Gasteiger partial charge in [-0.25, -0.2) is 9.59 Å². The molecule has 0 aromatic rings. The van der Waals surface area contributed by atoms with Crippen LogP contribution < -0.4 is 0 Å². The first-order chi connectivity index (χ1) is 21.4. The Balaban J connectivity index is 3.60. The molecule has 0 amide bonds. The van der Waals surface area contributed by atoms with Gasteiger partial charge >= 0.3 is 20.7 Å². The SMILES string of the molecule is C=C(CCCCCCCCCOC(=O)/C=C/C(=O)OCCCCCCCCCCC[Si](OCC)(OCC)OCC)[Si]OCC. The number of allylic oxidation sites excluding steroid dienone is 1. The van der Waals surface area contributed by atoms with Crippen molar-refractivity contribution in [2.45, 2.75) is 143 Å². The van der Waals surface area contributed by atoms with Gasteiger partial charge in [-0.05, 0) is 59.8 Å². The van der Waals surface area contributed by atoms with Gasteiger partial charge in [0, 0.05) is 44.6 Å². The maximum Gasteiger partial charge on any atom is 0.500 e. The largest absolute Gasteiger partial charge is 0.500 e.